The monoisotopic (exact) mass is 790 g/mol. The van der Waals surface area contributed by atoms with Gasteiger partial charge in [-0.1, -0.05) is 212 Å². The van der Waals surface area contributed by atoms with Crippen LogP contribution in [0.5, 0.6) is 0 Å². The molecule has 0 spiro atoms. The molecule has 0 radical (unpaired) electrons. The lowest BCUT2D eigenvalue weighted by Crippen LogP contribution is -2.45. The first-order chi connectivity index (χ1) is 27.5. The summed E-state index contributed by atoms with van der Waals surface area (Å²) in [4.78, 5) is 24.4. The Balaban J connectivity index is 3.52. The van der Waals surface area contributed by atoms with Crippen LogP contribution in [0.3, 0.4) is 0 Å². The van der Waals surface area contributed by atoms with Gasteiger partial charge in [-0.3, -0.25) is 9.59 Å². The van der Waals surface area contributed by atoms with Crippen LogP contribution in [0.25, 0.3) is 0 Å². The van der Waals surface area contributed by atoms with Gasteiger partial charge in [0.25, 0.3) is 0 Å². The molecule has 330 valence electrons. The summed E-state index contributed by atoms with van der Waals surface area (Å²) >= 11 is 0. The lowest BCUT2D eigenvalue weighted by Gasteiger charge is -2.20. The van der Waals surface area contributed by atoms with Crippen LogP contribution < -0.4 is 5.32 Å². The Morgan fingerprint density at radius 1 is 0.482 bits per heavy atom. The van der Waals surface area contributed by atoms with Gasteiger partial charge in [0.05, 0.1) is 25.4 Å². The zero-order chi connectivity index (χ0) is 40.8. The van der Waals surface area contributed by atoms with Crippen LogP contribution in [0.2, 0.25) is 0 Å². The Kier molecular flexibility index (Phi) is 44.7. The molecule has 2 atom stereocenters. The molecule has 6 nitrogen and oxygen atoms in total. The van der Waals surface area contributed by atoms with Crippen LogP contribution in [0.15, 0.2) is 24.3 Å². The van der Waals surface area contributed by atoms with Crippen molar-refractivity contribution >= 4 is 11.9 Å². The summed E-state index contributed by atoms with van der Waals surface area (Å²) in [6, 6.07) is -0.641. The van der Waals surface area contributed by atoms with Crippen molar-refractivity contribution in [3.63, 3.8) is 0 Å². The third-order valence-corrected chi connectivity index (χ3v) is 11.2. The zero-order valence-electron chi connectivity index (χ0n) is 37.4. The fraction of sp³-hybridized carbons (Fsp3) is 0.880. The second kappa shape index (κ2) is 46.0. The van der Waals surface area contributed by atoms with Crippen molar-refractivity contribution in [2.45, 2.75) is 270 Å². The lowest BCUT2D eigenvalue weighted by molar-refractivity contribution is -0.143. The highest BCUT2D eigenvalue weighted by atomic mass is 16.5. The van der Waals surface area contributed by atoms with Crippen LogP contribution in [-0.4, -0.2) is 47.4 Å². The molecule has 0 aliphatic carbocycles. The summed E-state index contributed by atoms with van der Waals surface area (Å²) in [6.45, 7) is 4.84. The quantitative estimate of drug-likeness (QED) is 0.0324. The van der Waals surface area contributed by atoms with Crippen LogP contribution in [0.4, 0.5) is 0 Å². The first kappa shape index (κ1) is 54.3. The summed E-state index contributed by atoms with van der Waals surface area (Å²) < 4.78 is 5.44. The molecule has 0 bridgehead atoms. The Hall–Kier alpha value is -1.66. The maximum atomic E-state index is 12.4. The Morgan fingerprint density at radius 2 is 0.839 bits per heavy atom. The van der Waals surface area contributed by atoms with E-state index in [0.29, 0.717) is 19.4 Å². The molecular weight excluding hydrogens is 695 g/mol. The molecule has 1 amide bonds. The predicted molar refractivity (Wildman–Crippen MR) is 241 cm³/mol. The maximum absolute atomic E-state index is 12.4. The highest BCUT2D eigenvalue weighted by molar-refractivity contribution is 5.76. The van der Waals surface area contributed by atoms with Gasteiger partial charge in [-0.2, -0.15) is 0 Å². The van der Waals surface area contributed by atoms with E-state index in [1.165, 1.54) is 173 Å². The van der Waals surface area contributed by atoms with Gasteiger partial charge < -0.3 is 20.3 Å². The van der Waals surface area contributed by atoms with Gasteiger partial charge in [0, 0.05) is 12.8 Å². The van der Waals surface area contributed by atoms with Gasteiger partial charge in [-0.15, -0.1) is 0 Å². The summed E-state index contributed by atoms with van der Waals surface area (Å²) in [5.74, 6) is -0.112. The zero-order valence-corrected chi connectivity index (χ0v) is 37.4. The molecule has 0 fully saturated rings. The number of carbonyl (C=O) groups is 2. The molecule has 0 aromatic heterocycles. The Bertz CT molecular complexity index is 874. The minimum Gasteiger partial charge on any atom is -0.466 e. The summed E-state index contributed by atoms with van der Waals surface area (Å²) in [7, 11) is 0. The molecule has 0 aliphatic rings. The molecule has 6 heteroatoms. The molecular formula is C50H95NO5. The maximum Gasteiger partial charge on any atom is 0.305 e. The fourth-order valence-corrected chi connectivity index (χ4v) is 7.39. The summed E-state index contributed by atoms with van der Waals surface area (Å²) in [5, 5.41) is 23.0. The number of aliphatic hydroxyl groups is 2. The first-order valence-corrected chi connectivity index (χ1v) is 24.6. The van der Waals surface area contributed by atoms with E-state index < -0.39 is 12.1 Å². The number of unbranched alkanes of at least 4 members (excludes halogenated alkanes) is 32. The fourth-order valence-electron chi connectivity index (χ4n) is 7.39. The van der Waals surface area contributed by atoms with E-state index in [1.807, 2.05) is 6.08 Å². The lowest BCUT2D eigenvalue weighted by atomic mass is 10.0. The number of nitrogens with one attached hydrogen (secondary N) is 1. The summed E-state index contributed by atoms with van der Waals surface area (Å²) in [5.41, 5.74) is 0. The van der Waals surface area contributed by atoms with E-state index in [0.717, 1.165) is 57.8 Å². The average Bonchev–Trinajstić information content (AvgIpc) is 3.20. The van der Waals surface area contributed by atoms with E-state index in [4.69, 9.17) is 4.74 Å². The third kappa shape index (κ3) is 42.0. The van der Waals surface area contributed by atoms with Crippen molar-refractivity contribution in [2.75, 3.05) is 13.2 Å². The van der Waals surface area contributed by atoms with Crippen molar-refractivity contribution in [3.8, 4) is 0 Å². The molecule has 56 heavy (non-hydrogen) atoms. The van der Waals surface area contributed by atoms with Crippen molar-refractivity contribution in [1.82, 2.24) is 5.32 Å². The van der Waals surface area contributed by atoms with Gasteiger partial charge in [0.2, 0.25) is 5.91 Å². The number of aliphatic hydroxyl groups excluding tert-OH is 2. The number of hydrogen-bond acceptors (Lipinski definition) is 5. The molecule has 0 heterocycles. The minimum atomic E-state index is -0.856. The number of carbonyl (C=O) groups excluding carboxylic acids is 2. The van der Waals surface area contributed by atoms with Gasteiger partial charge in [0.15, 0.2) is 0 Å². The molecule has 0 saturated heterocycles. The number of rotatable bonds is 45. The second-order valence-corrected chi connectivity index (χ2v) is 16.8. The van der Waals surface area contributed by atoms with Crippen molar-refractivity contribution < 1.29 is 24.5 Å². The molecule has 0 rings (SSSR count). The SMILES string of the molecule is CCCCCC/C=C\CCCCCCCC(=O)OCCCCCCCCCCCCCC(=O)NC(CO)C(O)/C=C/CCCCCCCCCCCCCCC. The third-order valence-electron chi connectivity index (χ3n) is 11.2. The first-order valence-electron chi connectivity index (χ1n) is 24.6. The number of ether oxygens (including phenoxy) is 1. The normalized spacial score (nSPS) is 12.9. The number of hydrogen-bond donors (Lipinski definition) is 3. The Labute approximate surface area is 348 Å². The molecule has 0 saturated carbocycles. The van der Waals surface area contributed by atoms with Crippen LogP contribution in [0.1, 0.15) is 258 Å². The van der Waals surface area contributed by atoms with Crippen LogP contribution in [0, 0.1) is 0 Å². The molecule has 0 aliphatic heterocycles. The summed E-state index contributed by atoms with van der Waals surface area (Å²) in [6.07, 6.45) is 53.0. The Morgan fingerprint density at radius 3 is 1.29 bits per heavy atom. The minimum absolute atomic E-state index is 0.0250. The van der Waals surface area contributed by atoms with Crippen molar-refractivity contribution in [1.29, 1.82) is 0 Å². The molecule has 3 N–H and O–H groups in total. The van der Waals surface area contributed by atoms with E-state index in [9.17, 15) is 19.8 Å². The number of esters is 1. The number of amides is 1. The largest absolute Gasteiger partial charge is 0.466 e. The molecule has 2 unspecified atom stereocenters. The van der Waals surface area contributed by atoms with Crippen LogP contribution >= 0.6 is 0 Å². The van der Waals surface area contributed by atoms with E-state index in [-0.39, 0.29) is 18.5 Å². The van der Waals surface area contributed by atoms with Gasteiger partial charge in [-0.25, -0.2) is 0 Å². The van der Waals surface area contributed by atoms with Crippen molar-refractivity contribution in [2.24, 2.45) is 0 Å². The standard InChI is InChI=1S/C50H95NO5/c1-3-5-7-9-11-13-15-17-18-20-22-26-30-34-38-42-48(53)47(46-52)51-49(54)43-39-35-31-27-23-21-25-29-33-37-41-45-56-50(55)44-40-36-32-28-24-19-16-14-12-10-8-6-4-2/h14,16,38,42,47-48,52-53H,3-13,15,17-37,39-41,43-46H2,1-2H3,(H,51,54)/b16-14-,42-38+. The topological polar surface area (TPSA) is 95.9 Å². The highest BCUT2D eigenvalue weighted by Crippen LogP contribution is 2.15. The van der Waals surface area contributed by atoms with Gasteiger partial charge >= 0.3 is 5.97 Å². The van der Waals surface area contributed by atoms with Crippen LogP contribution in [-0.2, 0) is 14.3 Å². The van der Waals surface area contributed by atoms with E-state index >= 15 is 0 Å². The smallest absolute Gasteiger partial charge is 0.305 e. The average molecular weight is 790 g/mol. The second-order valence-electron chi connectivity index (χ2n) is 16.8. The van der Waals surface area contributed by atoms with Gasteiger partial charge in [0.1, 0.15) is 0 Å². The van der Waals surface area contributed by atoms with Crippen molar-refractivity contribution in [3.05, 3.63) is 24.3 Å². The van der Waals surface area contributed by atoms with E-state index in [1.54, 1.807) is 6.08 Å². The predicted octanol–water partition coefficient (Wildman–Crippen LogP) is 14.3. The molecule has 0 aromatic rings. The highest BCUT2D eigenvalue weighted by Gasteiger charge is 2.18. The number of allylic oxidation sites excluding steroid dienone is 3. The van der Waals surface area contributed by atoms with E-state index in [2.05, 4.69) is 31.3 Å². The van der Waals surface area contributed by atoms with Gasteiger partial charge in [-0.05, 0) is 57.8 Å². The molecule has 0 aromatic carbocycles.